The minimum Gasteiger partial charge on any atom is -0.461 e. The van der Waals surface area contributed by atoms with E-state index in [2.05, 4.69) is 11.8 Å². The Balaban J connectivity index is 0.00000210. The van der Waals surface area contributed by atoms with Crippen LogP contribution in [0.1, 0.15) is 58.6 Å². The number of rotatable bonds is 8. The minimum atomic E-state index is -0.372. The molecule has 0 bridgehead atoms. The van der Waals surface area contributed by atoms with Gasteiger partial charge < -0.3 is 9.64 Å². The van der Waals surface area contributed by atoms with Crippen LogP contribution in [0.15, 0.2) is 12.1 Å². The van der Waals surface area contributed by atoms with Crippen LogP contribution in [0.2, 0.25) is 0 Å². The minimum absolute atomic E-state index is 0.0961. The van der Waals surface area contributed by atoms with Gasteiger partial charge in [-0.15, -0.1) is 0 Å². The number of nitrogens with zero attached hydrogens (tertiary/aromatic N) is 1. The van der Waals surface area contributed by atoms with E-state index >= 15 is 0 Å². The van der Waals surface area contributed by atoms with Crippen molar-refractivity contribution in [1.82, 2.24) is 0 Å². The maximum Gasteiger partial charge on any atom is 0.373 e. The molecule has 1 aromatic rings. The summed E-state index contributed by atoms with van der Waals surface area (Å²) in [7, 11) is 0. The summed E-state index contributed by atoms with van der Waals surface area (Å²) in [5.74, 6) is -0.297. The first kappa shape index (κ1) is 24.8. The van der Waals surface area contributed by atoms with Crippen LogP contribution in [0, 0.1) is 25.6 Å². The first-order chi connectivity index (χ1) is 12.6. The fourth-order valence-electron chi connectivity index (χ4n) is 2.91. The van der Waals surface area contributed by atoms with Crippen molar-refractivity contribution in [2.75, 3.05) is 11.4 Å². The summed E-state index contributed by atoms with van der Waals surface area (Å²) in [5.41, 5.74) is 2.09. The van der Waals surface area contributed by atoms with Crippen molar-refractivity contribution < 1.29 is 23.5 Å². The fraction of sp³-hybridized carbons (Fsp3) is 0.619. The highest BCUT2D eigenvalue weighted by molar-refractivity contribution is 5.80. The summed E-state index contributed by atoms with van der Waals surface area (Å²) in [6.07, 6.45) is 2.09. The Hall–Kier alpha value is -2.20. The first-order valence-electron chi connectivity index (χ1n) is 9.33. The Morgan fingerprint density at radius 1 is 1.15 bits per heavy atom. The molecular formula is C21H32FNO4. The number of halogens is 1. The molecule has 27 heavy (non-hydrogen) atoms. The lowest BCUT2D eigenvalue weighted by atomic mass is 9.99. The van der Waals surface area contributed by atoms with Gasteiger partial charge in [0.25, 0.3) is 0 Å². The highest BCUT2D eigenvalue weighted by Gasteiger charge is 2.31. The van der Waals surface area contributed by atoms with Crippen molar-refractivity contribution in [3.05, 3.63) is 29.1 Å². The zero-order chi connectivity index (χ0) is 21.1. The van der Waals surface area contributed by atoms with E-state index in [4.69, 9.17) is 14.3 Å². The zero-order valence-electron chi connectivity index (χ0n) is 17.5. The third-order valence-electron chi connectivity index (χ3n) is 4.07. The second kappa shape index (κ2) is 12.2. The molecule has 0 N–H and O–H groups in total. The molecule has 0 saturated heterocycles. The van der Waals surface area contributed by atoms with E-state index in [1.54, 1.807) is 13.8 Å². The van der Waals surface area contributed by atoms with Gasteiger partial charge in [0, 0.05) is 12.2 Å². The summed E-state index contributed by atoms with van der Waals surface area (Å²) >= 11 is 0. The van der Waals surface area contributed by atoms with Crippen molar-refractivity contribution in [2.24, 2.45) is 5.92 Å². The molecule has 0 aliphatic heterocycles. The van der Waals surface area contributed by atoms with Crippen LogP contribution in [-0.2, 0) is 19.1 Å². The average molecular weight is 381 g/mol. The summed E-state index contributed by atoms with van der Waals surface area (Å²) in [5, 5.41) is 0. The number of ether oxygens (including phenoxy) is 1. The lowest BCUT2D eigenvalue weighted by Gasteiger charge is -2.35. The molecule has 1 unspecified atom stereocenters. The standard InChI is InChI=1S/C20H32FNO2.CO2/c1-8-9-10-22(17-11-15(6)18(21)16(7)12-17)19(13(2)3)20(23)24-14(4)5;2-1-3/h11-14,19H,8-10H2,1-7H3;. The van der Waals surface area contributed by atoms with Gasteiger partial charge in [-0.1, -0.05) is 27.2 Å². The molecule has 0 spiro atoms. The van der Waals surface area contributed by atoms with E-state index in [9.17, 15) is 9.18 Å². The molecule has 5 nitrogen and oxygen atoms in total. The van der Waals surface area contributed by atoms with E-state index in [1.807, 2.05) is 39.8 Å². The van der Waals surface area contributed by atoms with Crippen molar-refractivity contribution in [3.8, 4) is 0 Å². The van der Waals surface area contributed by atoms with Gasteiger partial charge in [0.1, 0.15) is 11.9 Å². The van der Waals surface area contributed by atoms with Crippen molar-refractivity contribution in [2.45, 2.75) is 73.5 Å². The molecule has 0 aliphatic carbocycles. The number of carbonyl (C=O) groups excluding carboxylic acids is 3. The zero-order valence-corrected chi connectivity index (χ0v) is 17.5. The molecule has 152 valence electrons. The average Bonchev–Trinajstić information content (AvgIpc) is 2.55. The Morgan fingerprint density at radius 2 is 1.63 bits per heavy atom. The number of carbonyl (C=O) groups is 1. The number of unbranched alkanes of at least 4 members (excludes halogenated alkanes) is 1. The van der Waals surface area contributed by atoms with Gasteiger partial charge in [0.05, 0.1) is 6.10 Å². The van der Waals surface area contributed by atoms with Gasteiger partial charge in [-0.2, -0.15) is 9.59 Å². The van der Waals surface area contributed by atoms with E-state index in [1.165, 1.54) is 0 Å². The predicted molar refractivity (Wildman–Crippen MR) is 103 cm³/mol. The molecule has 1 aromatic carbocycles. The molecule has 0 fully saturated rings. The summed E-state index contributed by atoms with van der Waals surface area (Å²) in [6, 6.07) is 3.29. The third-order valence-corrected chi connectivity index (χ3v) is 4.07. The number of aryl methyl sites for hydroxylation is 2. The molecule has 0 amide bonds. The van der Waals surface area contributed by atoms with E-state index in [-0.39, 0.29) is 36.0 Å². The largest absolute Gasteiger partial charge is 0.461 e. The number of hydrogen-bond donors (Lipinski definition) is 0. The first-order valence-corrected chi connectivity index (χ1v) is 9.33. The van der Waals surface area contributed by atoms with Crippen LogP contribution in [-0.4, -0.2) is 30.8 Å². The van der Waals surface area contributed by atoms with E-state index in [0.717, 1.165) is 25.1 Å². The van der Waals surface area contributed by atoms with Gasteiger partial charge >= 0.3 is 12.1 Å². The lowest BCUT2D eigenvalue weighted by molar-refractivity contribution is -0.191. The molecule has 0 aliphatic rings. The summed E-state index contributed by atoms with van der Waals surface area (Å²) in [4.78, 5) is 31.0. The number of anilines is 1. The molecule has 0 saturated carbocycles. The normalized spacial score (nSPS) is 11.5. The van der Waals surface area contributed by atoms with Crippen molar-refractivity contribution in [3.63, 3.8) is 0 Å². The van der Waals surface area contributed by atoms with Crippen LogP contribution in [0.4, 0.5) is 10.1 Å². The molecular weight excluding hydrogens is 349 g/mol. The number of esters is 1. The summed E-state index contributed by atoms with van der Waals surface area (Å²) in [6.45, 7) is 14.2. The Kier molecular flexibility index (Phi) is 11.2. The Morgan fingerprint density at radius 3 is 2.00 bits per heavy atom. The van der Waals surface area contributed by atoms with Gasteiger partial charge in [-0.05, 0) is 63.3 Å². The van der Waals surface area contributed by atoms with Gasteiger partial charge in [-0.3, -0.25) is 0 Å². The molecule has 0 heterocycles. The van der Waals surface area contributed by atoms with Crippen molar-refractivity contribution >= 4 is 17.8 Å². The topological polar surface area (TPSA) is 63.7 Å². The smallest absolute Gasteiger partial charge is 0.373 e. The maximum atomic E-state index is 14.0. The highest BCUT2D eigenvalue weighted by Crippen LogP contribution is 2.27. The highest BCUT2D eigenvalue weighted by atomic mass is 19.1. The van der Waals surface area contributed by atoms with Crippen LogP contribution < -0.4 is 4.90 Å². The van der Waals surface area contributed by atoms with Crippen LogP contribution in [0.3, 0.4) is 0 Å². The predicted octanol–water partition coefficient (Wildman–Crippen LogP) is 4.44. The molecule has 6 heteroatoms. The third kappa shape index (κ3) is 7.92. The van der Waals surface area contributed by atoms with E-state index in [0.29, 0.717) is 11.1 Å². The van der Waals surface area contributed by atoms with Gasteiger partial charge in [-0.25, -0.2) is 9.18 Å². The second-order valence-corrected chi connectivity index (χ2v) is 7.20. The number of benzene rings is 1. The Bertz CT molecular complexity index is 614. The van der Waals surface area contributed by atoms with Crippen LogP contribution >= 0.6 is 0 Å². The number of hydrogen-bond acceptors (Lipinski definition) is 5. The quantitative estimate of drug-likeness (QED) is 0.623. The monoisotopic (exact) mass is 381 g/mol. The lowest BCUT2D eigenvalue weighted by Crippen LogP contribution is -2.47. The maximum absolute atomic E-state index is 14.0. The summed E-state index contributed by atoms with van der Waals surface area (Å²) < 4.78 is 19.5. The van der Waals surface area contributed by atoms with Crippen LogP contribution in [0.25, 0.3) is 0 Å². The second-order valence-electron chi connectivity index (χ2n) is 7.20. The molecule has 1 rings (SSSR count). The van der Waals surface area contributed by atoms with Gasteiger partial charge in [0.15, 0.2) is 0 Å². The molecule has 0 radical (unpaired) electrons. The molecule has 0 aromatic heterocycles. The fourth-order valence-corrected chi connectivity index (χ4v) is 2.91. The molecule has 1 atom stereocenters. The van der Waals surface area contributed by atoms with Gasteiger partial charge in [0.2, 0.25) is 0 Å². The van der Waals surface area contributed by atoms with Crippen LogP contribution in [0.5, 0.6) is 0 Å². The van der Waals surface area contributed by atoms with Crippen molar-refractivity contribution in [1.29, 1.82) is 0 Å². The SMILES string of the molecule is CCCCN(c1cc(C)c(F)c(C)c1)C(C(=O)OC(C)C)C(C)C.O=C=O. The van der Waals surface area contributed by atoms with E-state index < -0.39 is 0 Å². The Labute approximate surface area is 161 Å².